The number of nitrogens with one attached hydrogen (secondary N) is 1. The van der Waals surface area contributed by atoms with Crippen LogP contribution in [0.15, 0.2) is 46.9 Å². The number of nitrogens with zero attached hydrogens (tertiary/aromatic N) is 1. The van der Waals surface area contributed by atoms with Crippen molar-refractivity contribution >= 4 is 27.6 Å². The Kier molecular flexibility index (Phi) is 3.64. The van der Waals surface area contributed by atoms with Crippen molar-refractivity contribution in [3.63, 3.8) is 0 Å². The minimum atomic E-state index is 0.182. The first-order chi connectivity index (χ1) is 8.15. The predicted octanol–water partition coefficient (Wildman–Crippen LogP) is 3.60. The summed E-state index contributed by atoms with van der Waals surface area (Å²) < 4.78 is 1.07. The molecular weight excluding hydrogens is 278 g/mol. The lowest BCUT2D eigenvalue weighted by Crippen LogP contribution is -2.08. The van der Waals surface area contributed by atoms with Crippen LogP contribution in [0.4, 0.5) is 11.6 Å². The van der Waals surface area contributed by atoms with Gasteiger partial charge in [0, 0.05) is 10.5 Å². The lowest BCUT2D eigenvalue weighted by molar-refractivity contribution is 0.874. The molecule has 2 rings (SSSR count). The number of hydrogen-bond acceptors (Lipinski definition) is 3. The summed E-state index contributed by atoms with van der Waals surface area (Å²) in [5, 5.41) is 3.31. The maximum atomic E-state index is 5.64. The molecule has 1 heterocycles. The molecular formula is C13H14BrN3. The van der Waals surface area contributed by atoms with Crippen LogP contribution in [0.25, 0.3) is 0 Å². The second-order valence-corrected chi connectivity index (χ2v) is 4.78. The van der Waals surface area contributed by atoms with Gasteiger partial charge in [0.25, 0.3) is 0 Å². The molecule has 0 radical (unpaired) electrons. The summed E-state index contributed by atoms with van der Waals surface area (Å²) in [6.45, 7) is 2.09. The monoisotopic (exact) mass is 291 g/mol. The Morgan fingerprint density at radius 1 is 1.24 bits per heavy atom. The van der Waals surface area contributed by atoms with Gasteiger partial charge in [-0.2, -0.15) is 0 Å². The molecule has 3 N–H and O–H groups in total. The fraction of sp³-hybridized carbons (Fsp3) is 0.154. The Hall–Kier alpha value is -1.55. The lowest BCUT2D eigenvalue weighted by atomic mass is 10.1. The number of benzene rings is 1. The average Bonchev–Trinajstić information content (AvgIpc) is 2.29. The third-order valence-corrected chi connectivity index (χ3v) is 2.98. The zero-order valence-electron chi connectivity index (χ0n) is 9.52. The zero-order valence-corrected chi connectivity index (χ0v) is 11.1. The van der Waals surface area contributed by atoms with Gasteiger partial charge in [0.05, 0.1) is 0 Å². The van der Waals surface area contributed by atoms with E-state index in [1.807, 2.05) is 24.3 Å². The SMILES string of the molecule is CC(Nc1cccc(N)n1)c1cccc(Br)c1. The van der Waals surface area contributed by atoms with Crippen LogP contribution in [-0.2, 0) is 0 Å². The topological polar surface area (TPSA) is 50.9 Å². The number of rotatable bonds is 3. The van der Waals surface area contributed by atoms with Gasteiger partial charge in [-0.1, -0.05) is 34.1 Å². The summed E-state index contributed by atoms with van der Waals surface area (Å²) >= 11 is 3.46. The van der Waals surface area contributed by atoms with Crippen molar-refractivity contribution in [2.24, 2.45) is 0 Å². The second-order valence-electron chi connectivity index (χ2n) is 3.87. The summed E-state index contributed by atoms with van der Waals surface area (Å²) in [5.74, 6) is 1.31. The van der Waals surface area contributed by atoms with E-state index >= 15 is 0 Å². The van der Waals surface area contributed by atoms with Gasteiger partial charge in [0.15, 0.2) is 0 Å². The molecule has 0 aliphatic heterocycles. The quantitative estimate of drug-likeness (QED) is 0.908. The van der Waals surface area contributed by atoms with E-state index in [0.717, 1.165) is 10.3 Å². The van der Waals surface area contributed by atoms with E-state index < -0.39 is 0 Å². The first kappa shape index (κ1) is 11.9. The van der Waals surface area contributed by atoms with E-state index in [4.69, 9.17) is 5.73 Å². The first-order valence-corrected chi connectivity index (χ1v) is 6.19. The Morgan fingerprint density at radius 3 is 2.71 bits per heavy atom. The highest BCUT2D eigenvalue weighted by molar-refractivity contribution is 9.10. The third kappa shape index (κ3) is 3.20. The van der Waals surface area contributed by atoms with E-state index in [1.165, 1.54) is 5.56 Å². The van der Waals surface area contributed by atoms with Crippen LogP contribution in [0.5, 0.6) is 0 Å². The number of nitrogens with two attached hydrogens (primary N) is 1. The molecule has 0 aliphatic carbocycles. The second kappa shape index (κ2) is 5.19. The van der Waals surface area contributed by atoms with Crippen LogP contribution < -0.4 is 11.1 Å². The molecule has 0 saturated heterocycles. The molecule has 17 heavy (non-hydrogen) atoms. The van der Waals surface area contributed by atoms with Crippen molar-refractivity contribution in [1.82, 2.24) is 4.98 Å². The fourth-order valence-electron chi connectivity index (χ4n) is 1.61. The summed E-state index contributed by atoms with van der Waals surface area (Å²) in [6.07, 6.45) is 0. The minimum Gasteiger partial charge on any atom is -0.384 e. The Labute approximate surface area is 109 Å². The smallest absolute Gasteiger partial charge is 0.128 e. The van der Waals surface area contributed by atoms with Gasteiger partial charge in [-0.05, 0) is 36.8 Å². The van der Waals surface area contributed by atoms with Crippen molar-refractivity contribution in [1.29, 1.82) is 0 Å². The average molecular weight is 292 g/mol. The Bertz CT molecular complexity index is 514. The molecule has 1 atom stereocenters. The molecule has 0 amide bonds. The molecule has 0 spiro atoms. The highest BCUT2D eigenvalue weighted by atomic mass is 79.9. The zero-order chi connectivity index (χ0) is 12.3. The van der Waals surface area contributed by atoms with Crippen LogP contribution in [0.3, 0.4) is 0 Å². The van der Waals surface area contributed by atoms with Crippen molar-refractivity contribution < 1.29 is 0 Å². The molecule has 1 aromatic heterocycles. The van der Waals surface area contributed by atoms with Crippen molar-refractivity contribution in [2.45, 2.75) is 13.0 Å². The molecule has 1 aromatic carbocycles. The van der Waals surface area contributed by atoms with E-state index in [-0.39, 0.29) is 6.04 Å². The highest BCUT2D eigenvalue weighted by Gasteiger charge is 2.06. The van der Waals surface area contributed by atoms with E-state index in [2.05, 4.69) is 45.3 Å². The predicted molar refractivity (Wildman–Crippen MR) is 74.8 cm³/mol. The fourth-order valence-corrected chi connectivity index (χ4v) is 2.03. The Balaban J connectivity index is 2.14. The Morgan fingerprint density at radius 2 is 2.00 bits per heavy atom. The van der Waals surface area contributed by atoms with Gasteiger partial charge in [-0.15, -0.1) is 0 Å². The molecule has 0 bridgehead atoms. The molecule has 88 valence electrons. The van der Waals surface area contributed by atoms with Gasteiger partial charge < -0.3 is 11.1 Å². The highest BCUT2D eigenvalue weighted by Crippen LogP contribution is 2.21. The molecule has 0 saturated carbocycles. The molecule has 0 aliphatic rings. The van der Waals surface area contributed by atoms with Crippen LogP contribution in [0, 0.1) is 0 Å². The normalized spacial score (nSPS) is 12.1. The molecule has 1 unspecified atom stereocenters. The summed E-state index contributed by atoms with van der Waals surface area (Å²) in [7, 11) is 0. The van der Waals surface area contributed by atoms with Gasteiger partial charge in [0.2, 0.25) is 0 Å². The maximum absolute atomic E-state index is 5.64. The first-order valence-electron chi connectivity index (χ1n) is 5.39. The summed E-state index contributed by atoms with van der Waals surface area (Å²) in [4.78, 5) is 4.22. The molecule has 0 fully saturated rings. The molecule has 3 nitrogen and oxygen atoms in total. The minimum absolute atomic E-state index is 0.182. The van der Waals surface area contributed by atoms with Crippen LogP contribution in [0.2, 0.25) is 0 Å². The van der Waals surface area contributed by atoms with E-state index in [0.29, 0.717) is 5.82 Å². The number of hydrogen-bond donors (Lipinski definition) is 2. The van der Waals surface area contributed by atoms with Crippen LogP contribution in [0.1, 0.15) is 18.5 Å². The van der Waals surface area contributed by atoms with Gasteiger partial charge in [0.1, 0.15) is 11.6 Å². The summed E-state index contributed by atoms with van der Waals surface area (Å²) in [5.41, 5.74) is 6.84. The largest absolute Gasteiger partial charge is 0.384 e. The summed E-state index contributed by atoms with van der Waals surface area (Å²) in [6, 6.07) is 13.9. The van der Waals surface area contributed by atoms with Gasteiger partial charge in [-0.3, -0.25) is 0 Å². The van der Waals surface area contributed by atoms with E-state index in [1.54, 1.807) is 6.07 Å². The molecule has 2 aromatic rings. The lowest BCUT2D eigenvalue weighted by Gasteiger charge is -2.15. The maximum Gasteiger partial charge on any atom is 0.128 e. The van der Waals surface area contributed by atoms with Crippen LogP contribution >= 0.6 is 15.9 Å². The van der Waals surface area contributed by atoms with Crippen molar-refractivity contribution in [3.8, 4) is 0 Å². The van der Waals surface area contributed by atoms with Crippen LogP contribution in [-0.4, -0.2) is 4.98 Å². The van der Waals surface area contributed by atoms with Crippen molar-refractivity contribution in [3.05, 3.63) is 52.5 Å². The van der Waals surface area contributed by atoms with Gasteiger partial charge >= 0.3 is 0 Å². The number of halogens is 1. The molecule has 4 heteroatoms. The number of pyridine rings is 1. The standard InChI is InChI=1S/C13H14BrN3/c1-9(10-4-2-5-11(14)8-10)16-13-7-3-6-12(15)17-13/h2-9H,1H3,(H3,15,16,17). The number of nitrogen functional groups attached to an aromatic ring is 1. The number of aromatic nitrogens is 1. The van der Waals surface area contributed by atoms with E-state index in [9.17, 15) is 0 Å². The van der Waals surface area contributed by atoms with Gasteiger partial charge in [-0.25, -0.2) is 4.98 Å². The third-order valence-electron chi connectivity index (χ3n) is 2.48. The van der Waals surface area contributed by atoms with Crippen molar-refractivity contribution in [2.75, 3.05) is 11.1 Å². The number of anilines is 2.